The van der Waals surface area contributed by atoms with Crippen LogP contribution in [0.15, 0.2) is 23.8 Å². The summed E-state index contributed by atoms with van der Waals surface area (Å²) in [4.78, 5) is 0. The average Bonchev–Trinajstić information content (AvgIpc) is 2.83. The minimum atomic E-state index is 0.505. The second kappa shape index (κ2) is 9.70. The number of rotatable bonds is 10. The maximum atomic E-state index is 2.54. The van der Waals surface area contributed by atoms with Gasteiger partial charge in [0, 0.05) is 0 Å². The zero-order valence-electron chi connectivity index (χ0n) is 16.9. The van der Waals surface area contributed by atoms with Crippen LogP contribution in [0.2, 0.25) is 0 Å². The summed E-state index contributed by atoms with van der Waals surface area (Å²) in [5.74, 6) is 0.731. The molecule has 1 rings (SSSR count). The van der Waals surface area contributed by atoms with Crippen molar-refractivity contribution in [3.63, 3.8) is 0 Å². The smallest absolute Gasteiger partial charge is 0.00445 e. The highest BCUT2D eigenvalue weighted by Crippen LogP contribution is 2.27. The molecule has 0 aromatic carbocycles. The first-order valence-electron chi connectivity index (χ1n) is 10.0. The topological polar surface area (TPSA) is 0 Å². The van der Waals surface area contributed by atoms with E-state index in [-0.39, 0.29) is 0 Å². The second-order valence-corrected chi connectivity index (χ2v) is 10.0. The molecule has 0 nitrogen and oxygen atoms in total. The Morgan fingerprint density at radius 1 is 0.739 bits per heavy atom. The largest absolute Gasteiger partial charge is 0.0773 e. The SMILES string of the molecule is CC(C)(C)CCCCCC1=CC(CCCCCC(C)(C)C)C=C1. The van der Waals surface area contributed by atoms with Crippen molar-refractivity contribution >= 4 is 0 Å². The summed E-state index contributed by atoms with van der Waals surface area (Å²) in [7, 11) is 0. The third-order valence-corrected chi connectivity index (χ3v) is 4.84. The van der Waals surface area contributed by atoms with Crippen LogP contribution in [0.5, 0.6) is 0 Å². The molecule has 0 heteroatoms. The molecule has 0 N–H and O–H groups in total. The lowest BCUT2D eigenvalue weighted by Crippen LogP contribution is -2.04. The predicted molar refractivity (Wildman–Crippen MR) is 106 cm³/mol. The summed E-state index contributed by atoms with van der Waals surface area (Å²) in [5.41, 5.74) is 2.61. The molecule has 0 saturated carbocycles. The van der Waals surface area contributed by atoms with E-state index in [9.17, 15) is 0 Å². The van der Waals surface area contributed by atoms with Crippen molar-refractivity contribution in [1.29, 1.82) is 0 Å². The van der Waals surface area contributed by atoms with Crippen LogP contribution in [-0.4, -0.2) is 0 Å². The highest BCUT2D eigenvalue weighted by Gasteiger charge is 2.12. The van der Waals surface area contributed by atoms with Crippen LogP contribution in [-0.2, 0) is 0 Å². The van der Waals surface area contributed by atoms with E-state index in [4.69, 9.17) is 0 Å². The van der Waals surface area contributed by atoms with Crippen LogP contribution < -0.4 is 0 Å². The Balaban J connectivity index is 2.06. The van der Waals surface area contributed by atoms with Gasteiger partial charge in [-0.2, -0.15) is 0 Å². The Kier molecular flexibility index (Phi) is 8.65. The minimum absolute atomic E-state index is 0.505. The fourth-order valence-electron chi connectivity index (χ4n) is 3.35. The molecule has 1 atom stereocenters. The highest BCUT2D eigenvalue weighted by molar-refractivity contribution is 5.28. The fraction of sp³-hybridized carbons (Fsp3) is 0.826. The summed E-state index contributed by atoms with van der Waals surface area (Å²) in [6, 6.07) is 0. The molecule has 23 heavy (non-hydrogen) atoms. The van der Waals surface area contributed by atoms with Gasteiger partial charge >= 0.3 is 0 Å². The van der Waals surface area contributed by atoms with Crippen LogP contribution in [0.3, 0.4) is 0 Å². The Hall–Kier alpha value is -0.520. The first kappa shape index (κ1) is 20.5. The molecule has 0 radical (unpaired) electrons. The van der Waals surface area contributed by atoms with Crippen molar-refractivity contribution in [3.8, 4) is 0 Å². The van der Waals surface area contributed by atoms with Crippen molar-refractivity contribution in [2.75, 3.05) is 0 Å². The number of allylic oxidation sites excluding steroid dienone is 4. The van der Waals surface area contributed by atoms with Crippen LogP contribution >= 0.6 is 0 Å². The zero-order valence-corrected chi connectivity index (χ0v) is 16.9. The van der Waals surface area contributed by atoms with Gasteiger partial charge in [-0.3, -0.25) is 0 Å². The Morgan fingerprint density at radius 3 is 1.87 bits per heavy atom. The quantitative estimate of drug-likeness (QED) is 0.357. The Labute approximate surface area is 146 Å². The summed E-state index contributed by atoms with van der Waals surface area (Å²) < 4.78 is 0. The van der Waals surface area contributed by atoms with E-state index in [1.807, 2.05) is 0 Å². The predicted octanol–water partition coefficient (Wildman–Crippen LogP) is 8.09. The van der Waals surface area contributed by atoms with Crippen molar-refractivity contribution in [3.05, 3.63) is 23.8 Å². The number of hydrogen-bond acceptors (Lipinski definition) is 0. The van der Waals surface area contributed by atoms with Gasteiger partial charge < -0.3 is 0 Å². The zero-order chi connectivity index (χ0) is 17.3. The molecule has 0 amide bonds. The van der Waals surface area contributed by atoms with Gasteiger partial charge in [0.15, 0.2) is 0 Å². The molecular formula is C23H42. The van der Waals surface area contributed by atoms with E-state index in [2.05, 4.69) is 59.8 Å². The minimum Gasteiger partial charge on any atom is -0.0773 e. The van der Waals surface area contributed by atoms with Gasteiger partial charge in [-0.05, 0) is 48.9 Å². The summed E-state index contributed by atoms with van der Waals surface area (Å²) in [5, 5.41) is 0. The molecule has 0 aromatic rings. The molecule has 0 fully saturated rings. The van der Waals surface area contributed by atoms with E-state index < -0.39 is 0 Å². The van der Waals surface area contributed by atoms with E-state index in [0.29, 0.717) is 10.8 Å². The van der Waals surface area contributed by atoms with Gasteiger partial charge in [-0.15, -0.1) is 0 Å². The van der Waals surface area contributed by atoms with Crippen molar-refractivity contribution in [1.82, 2.24) is 0 Å². The number of hydrogen-bond donors (Lipinski definition) is 0. The Morgan fingerprint density at radius 2 is 1.30 bits per heavy atom. The van der Waals surface area contributed by atoms with Gasteiger partial charge in [0.2, 0.25) is 0 Å². The molecule has 1 unspecified atom stereocenters. The third-order valence-electron chi connectivity index (χ3n) is 4.84. The first-order valence-corrected chi connectivity index (χ1v) is 10.0. The Bertz CT molecular complexity index is 370. The molecule has 1 aliphatic rings. The third kappa shape index (κ3) is 11.6. The lowest BCUT2D eigenvalue weighted by molar-refractivity contribution is 0.356. The fourth-order valence-corrected chi connectivity index (χ4v) is 3.35. The molecule has 134 valence electrons. The lowest BCUT2D eigenvalue weighted by atomic mass is 9.89. The van der Waals surface area contributed by atoms with Crippen LogP contribution in [0, 0.1) is 16.7 Å². The van der Waals surface area contributed by atoms with Crippen molar-refractivity contribution < 1.29 is 0 Å². The van der Waals surface area contributed by atoms with Gasteiger partial charge in [0.05, 0.1) is 0 Å². The second-order valence-electron chi connectivity index (χ2n) is 10.0. The molecule has 0 saturated heterocycles. The maximum Gasteiger partial charge on any atom is -0.00445 e. The average molecular weight is 319 g/mol. The molecule has 0 heterocycles. The van der Waals surface area contributed by atoms with Crippen molar-refractivity contribution in [2.24, 2.45) is 16.7 Å². The summed E-state index contributed by atoms with van der Waals surface area (Å²) in [6.45, 7) is 14.1. The van der Waals surface area contributed by atoms with E-state index in [1.165, 1.54) is 64.2 Å². The first-order chi connectivity index (χ1) is 10.7. The van der Waals surface area contributed by atoms with Gasteiger partial charge in [0.25, 0.3) is 0 Å². The van der Waals surface area contributed by atoms with Crippen LogP contribution in [0.1, 0.15) is 106 Å². The van der Waals surface area contributed by atoms with E-state index in [1.54, 1.807) is 5.57 Å². The van der Waals surface area contributed by atoms with E-state index in [0.717, 1.165) is 5.92 Å². The molecule has 0 aliphatic heterocycles. The maximum absolute atomic E-state index is 2.54. The summed E-state index contributed by atoms with van der Waals surface area (Å²) in [6.07, 6.45) is 21.1. The summed E-state index contributed by atoms with van der Waals surface area (Å²) >= 11 is 0. The van der Waals surface area contributed by atoms with Gasteiger partial charge in [-0.1, -0.05) is 97.4 Å². The molecule has 0 aromatic heterocycles. The molecule has 1 aliphatic carbocycles. The number of unbranched alkanes of at least 4 members (excludes halogenated alkanes) is 4. The standard InChI is InChI=1S/C23H42/c1-22(2,3)17-11-7-9-13-20-15-16-21(19-20)14-10-8-12-18-23(4,5)6/h15-16,19-20H,7-14,17-18H2,1-6H3. The van der Waals surface area contributed by atoms with Gasteiger partial charge in [0.1, 0.15) is 0 Å². The molecule has 0 spiro atoms. The monoisotopic (exact) mass is 318 g/mol. The highest BCUT2D eigenvalue weighted by atomic mass is 14.2. The van der Waals surface area contributed by atoms with Crippen LogP contribution in [0.25, 0.3) is 0 Å². The lowest BCUT2D eigenvalue weighted by Gasteiger charge is -2.17. The van der Waals surface area contributed by atoms with Crippen molar-refractivity contribution in [2.45, 2.75) is 106 Å². The van der Waals surface area contributed by atoms with Crippen LogP contribution in [0.4, 0.5) is 0 Å². The molecular weight excluding hydrogens is 276 g/mol. The normalized spacial score (nSPS) is 18.5. The molecule has 0 bridgehead atoms. The van der Waals surface area contributed by atoms with E-state index >= 15 is 0 Å². The van der Waals surface area contributed by atoms with Gasteiger partial charge in [-0.25, -0.2) is 0 Å².